The lowest BCUT2D eigenvalue weighted by molar-refractivity contribution is -0.132. The quantitative estimate of drug-likeness (QED) is 0.696. The van der Waals surface area contributed by atoms with Crippen LogP contribution in [0.4, 0.5) is 0 Å². The molecule has 1 amide bonds. The monoisotopic (exact) mass is 245 g/mol. The van der Waals surface area contributed by atoms with Crippen molar-refractivity contribution >= 4 is 17.5 Å². The molecule has 1 aliphatic heterocycles. The zero-order chi connectivity index (χ0) is 12.1. The van der Waals surface area contributed by atoms with Crippen molar-refractivity contribution in [3.8, 4) is 0 Å². The second-order valence-electron chi connectivity index (χ2n) is 5.33. The average Bonchev–Trinajstić information content (AvgIpc) is 2.26. The van der Waals surface area contributed by atoms with E-state index >= 15 is 0 Å². The third kappa shape index (κ3) is 4.32. The van der Waals surface area contributed by atoms with Gasteiger partial charge in [0.15, 0.2) is 0 Å². The van der Waals surface area contributed by atoms with E-state index in [1.165, 1.54) is 0 Å². The van der Waals surface area contributed by atoms with Crippen LogP contribution in [0.15, 0.2) is 0 Å². The molecule has 0 aromatic carbocycles. The van der Waals surface area contributed by atoms with Gasteiger partial charge in [-0.3, -0.25) is 4.79 Å². The Morgan fingerprint density at radius 1 is 1.31 bits per heavy atom. The van der Waals surface area contributed by atoms with E-state index in [4.69, 9.17) is 11.6 Å². The van der Waals surface area contributed by atoms with Gasteiger partial charge in [-0.1, -0.05) is 13.8 Å². The van der Waals surface area contributed by atoms with Crippen LogP contribution in [0.25, 0.3) is 0 Å². The fraction of sp³-hybridized carbons (Fsp3) is 0.923. The Morgan fingerprint density at radius 2 is 1.88 bits per heavy atom. The van der Waals surface area contributed by atoms with Crippen LogP contribution < -0.4 is 0 Å². The van der Waals surface area contributed by atoms with Crippen LogP contribution in [0.5, 0.6) is 0 Å². The first-order chi connectivity index (χ1) is 7.50. The maximum absolute atomic E-state index is 11.9. The number of rotatable bonds is 4. The third-order valence-electron chi connectivity index (χ3n) is 3.48. The molecule has 1 unspecified atom stereocenters. The predicted octanol–water partition coefficient (Wildman–Crippen LogP) is 3.29. The van der Waals surface area contributed by atoms with Crippen molar-refractivity contribution in [3.05, 3.63) is 0 Å². The SMILES string of the molecule is CC(C)CCC(=O)N1CCC(C(C)Cl)CC1. The number of likely N-dealkylation sites (tertiary alicyclic amines) is 1. The predicted molar refractivity (Wildman–Crippen MR) is 68.7 cm³/mol. The van der Waals surface area contributed by atoms with Gasteiger partial charge in [-0.2, -0.15) is 0 Å². The van der Waals surface area contributed by atoms with Gasteiger partial charge in [0, 0.05) is 24.9 Å². The van der Waals surface area contributed by atoms with E-state index in [9.17, 15) is 4.79 Å². The van der Waals surface area contributed by atoms with E-state index in [0.29, 0.717) is 24.2 Å². The summed E-state index contributed by atoms with van der Waals surface area (Å²) in [5, 5.41) is 0.243. The largest absolute Gasteiger partial charge is 0.343 e. The van der Waals surface area contributed by atoms with E-state index in [-0.39, 0.29) is 5.38 Å². The number of halogens is 1. The molecule has 3 heteroatoms. The zero-order valence-electron chi connectivity index (χ0n) is 10.7. The van der Waals surface area contributed by atoms with Gasteiger partial charge in [-0.05, 0) is 38.0 Å². The molecule has 1 saturated heterocycles. The molecule has 1 fully saturated rings. The van der Waals surface area contributed by atoms with Crippen LogP contribution in [0.1, 0.15) is 46.5 Å². The van der Waals surface area contributed by atoms with Crippen molar-refractivity contribution in [1.82, 2.24) is 4.90 Å². The number of carbonyl (C=O) groups is 1. The molecule has 0 bridgehead atoms. The molecule has 16 heavy (non-hydrogen) atoms. The minimum atomic E-state index is 0.243. The van der Waals surface area contributed by atoms with Gasteiger partial charge in [-0.25, -0.2) is 0 Å². The molecule has 0 spiro atoms. The first-order valence-corrected chi connectivity index (χ1v) is 6.86. The average molecular weight is 246 g/mol. The smallest absolute Gasteiger partial charge is 0.222 e. The number of amides is 1. The van der Waals surface area contributed by atoms with Crippen LogP contribution in [0.2, 0.25) is 0 Å². The molecule has 0 aromatic rings. The van der Waals surface area contributed by atoms with E-state index in [1.807, 2.05) is 4.90 Å². The topological polar surface area (TPSA) is 20.3 Å². The summed E-state index contributed by atoms with van der Waals surface area (Å²) in [4.78, 5) is 13.9. The van der Waals surface area contributed by atoms with E-state index in [0.717, 1.165) is 32.4 Å². The van der Waals surface area contributed by atoms with E-state index in [2.05, 4.69) is 20.8 Å². The highest BCUT2D eigenvalue weighted by Crippen LogP contribution is 2.24. The summed E-state index contributed by atoms with van der Waals surface area (Å²) in [5.41, 5.74) is 0. The Kier molecular flexibility index (Phi) is 5.60. The number of nitrogens with zero attached hydrogens (tertiary/aromatic N) is 1. The molecular formula is C13H24ClNO. The lowest BCUT2D eigenvalue weighted by Crippen LogP contribution is -2.40. The molecule has 94 valence electrons. The van der Waals surface area contributed by atoms with Crippen molar-refractivity contribution in [2.24, 2.45) is 11.8 Å². The minimum Gasteiger partial charge on any atom is -0.343 e. The zero-order valence-corrected chi connectivity index (χ0v) is 11.5. The standard InChI is InChI=1S/C13H24ClNO/c1-10(2)4-5-13(16)15-8-6-12(7-9-15)11(3)14/h10-12H,4-9H2,1-3H3. The molecule has 2 nitrogen and oxygen atoms in total. The van der Waals surface area contributed by atoms with Gasteiger partial charge in [0.25, 0.3) is 0 Å². The molecule has 0 aromatic heterocycles. The first kappa shape index (κ1) is 13.8. The molecule has 1 heterocycles. The van der Waals surface area contributed by atoms with Crippen LogP contribution >= 0.6 is 11.6 Å². The summed E-state index contributed by atoms with van der Waals surface area (Å²) in [6.07, 6.45) is 3.85. The Morgan fingerprint density at radius 3 is 2.31 bits per heavy atom. The van der Waals surface area contributed by atoms with Crippen molar-refractivity contribution in [2.75, 3.05) is 13.1 Å². The summed E-state index contributed by atoms with van der Waals surface area (Å²) in [6.45, 7) is 8.18. The van der Waals surface area contributed by atoms with Gasteiger partial charge in [0.05, 0.1) is 0 Å². The van der Waals surface area contributed by atoms with Crippen molar-refractivity contribution in [1.29, 1.82) is 0 Å². The van der Waals surface area contributed by atoms with Crippen LogP contribution in [-0.2, 0) is 4.79 Å². The summed E-state index contributed by atoms with van der Waals surface area (Å²) >= 11 is 6.08. The van der Waals surface area contributed by atoms with E-state index in [1.54, 1.807) is 0 Å². The highest BCUT2D eigenvalue weighted by atomic mass is 35.5. The third-order valence-corrected chi connectivity index (χ3v) is 3.83. The number of hydrogen-bond donors (Lipinski definition) is 0. The van der Waals surface area contributed by atoms with Crippen LogP contribution in [0, 0.1) is 11.8 Å². The minimum absolute atomic E-state index is 0.243. The lowest BCUT2D eigenvalue weighted by Gasteiger charge is -2.33. The van der Waals surface area contributed by atoms with Crippen molar-refractivity contribution in [3.63, 3.8) is 0 Å². The molecular weight excluding hydrogens is 222 g/mol. The molecule has 0 radical (unpaired) electrons. The molecule has 1 atom stereocenters. The number of alkyl halides is 1. The first-order valence-electron chi connectivity index (χ1n) is 6.42. The Labute approximate surface area is 104 Å². The summed E-state index contributed by atoms with van der Waals surface area (Å²) in [5.74, 6) is 1.54. The summed E-state index contributed by atoms with van der Waals surface area (Å²) < 4.78 is 0. The highest BCUT2D eigenvalue weighted by Gasteiger charge is 2.24. The van der Waals surface area contributed by atoms with Crippen molar-refractivity contribution in [2.45, 2.75) is 51.8 Å². The maximum atomic E-state index is 11.9. The Bertz CT molecular complexity index is 220. The van der Waals surface area contributed by atoms with Gasteiger partial charge in [0.2, 0.25) is 5.91 Å². The van der Waals surface area contributed by atoms with Crippen molar-refractivity contribution < 1.29 is 4.79 Å². The Hall–Kier alpha value is -0.240. The summed E-state index contributed by atoms with van der Waals surface area (Å²) in [7, 11) is 0. The molecule has 0 aliphatic carbocycles. The number of carbonyl (C=O) groups excluding carboxylic acids is 1. The number of hydrogen-bond acceptors (Lipinski definition) is 1. The fourth-order valence-electron chi connectivity index (χ4n) is 2.18. The van der Waals surface area contributed by atoms with Gasteiger partial charge >= 0.3 is 0 Å². The molecule has 1 rings (SSSR count). The maximum Gasteiger partial charge on any atom is 0.222 e. The normalized spacial score (nSPS) is 20.2. The van der Waals surface area contributed by atoms with E-state index < -0.39 is 0 Å². The fourth-order valence-corrected chi connectivity index (χ4v) is 2.43. The molecule has 0 saturated carbocycles. The Balaban J connectivity index is 2.27. The lowest BCUT2D eigenvalue weighted by atomic mass is 9.93. The molecule has 0 N–H and O–H groups in total. The van der Waals surface area contributed by atoms with Crippen LogP contribution in [-0.4, -0.2) is 29.3 Å². The second kappa shape index (κ2) is 6.48. The molecule has 1 aliphatic rings. The highest BCUT2D eigenvalue weighted by molar-refractivity contribution is 6.20. The second-order valence-corrected chi connectivity index (χ2v) is 6.02. The van der Waals surface area contributed by atoms with Gasteiger partial charge in [-0.15, -0.1) is 11.6 Å². The van der Waals surface area contributed by atoms with Gasteiger partial charge in [0.1, 0.15) is 0 Å². The number of piperidine rings is 1. The summed E-state index contributed by atoms with van der Waals surface area (Å²) in [6, 6.07) is 0. The van der Waals surface area contributed by atoms with Crippen LogP contribution in [0.3, 0.4) is 0 Å². The van der Waals surface area contributed by atoms with Gasteiger partial charge < -0.3 is 4.90 Å².